The fourth-order valence-electron chi connectivity index (χ4n) is 3.19. The number of nitrogens with two attached hydrogens (primary N) is 1. The van der Waals surface area contributed by atoms with Crippen molar-refractivity contribution in [1.29, 1.82) is 0 Å². The second-order valence-corrected chi connectivity index (χ2v) is 7.98. The highest BCUT2D eigenvalue weighted by molar-refractivity contribution is 6.33. The van der Waals surface area contributed by atoms with Crippen LogP contribution in [-0.2, 0) is 11.0 Å². The maximum Gasteiger partial charge on any atom is 0.417 e. The molecule has 3 heterocycles. The van der Waals surface area contributed by atoms with Crippen LogP contribution in [0.4, 0.5) is 13.2 Å². The third kappa shape index (κ3) is 4.28. The number of alkyl halides is 3. The molecule has 4 rings (SSSR count). The molecule has 7 nitrogen and oxygen atoms in total. The first-order valence-electron chi connectivity index (χ1n) is 9.20. The fraction of sp³-hybridized carbons (Fsp3) is 0.200. The van der Waals surface area contributed by atoms with Crippen molar-refractivity contribution in [1.82, 2.24) is 19.5 Å². The van der Waals surface area contributed by atoms with Gasteiger partial charge in [0.1, 0.15) is 5.69 Å². The molecule has 166 valence electrons. The largest absolute Gasteiger partial charge is 0.417 e. The summed E-state index contributed by atoms with van der Waals surface area (Å²) in [6.07, 6.45) is -2.20. The first kappa shape index (κ1) is 22.1. The molecule has 0 aliphatic carbocycles. The Morgan fingerprint density at radius 2 is 1.94 bits per heavy atom. The summed E-state index contributed by atoms with van der Waals surface area (Å²) >= 11 is 12.3. The van der Waals surface area contributed by atoms with Crippen LogP contribution in [0.25, 0.3) is 28.6 Å². The van der Waals surface area contributed by atoms with E-state index in [9.17, 15) is 18.0 Å². The molecule has 0 saturated carbocycles. The predicted octanol–water partition coefficient (Wildman–Crippen LogP) is 5.36. The van der Waals surface area contributed by atoms with Crippen LogP contribution in [0.3, 0.4) is 0 Å². The molecule has 0 spiro atoms. The first-order valence-corrected chi connectivity index (χ1v) is 9.96. The Balaban J connectivity index is 1.66. The molecule has 0 bridgehead atoms. The number of rotatable bonds is 5. The second kappa shape index (κ2) is 8.10. The number of carbonyl (C=O) groups excluding carboxylic acids is 1. The van der Waals surface area contributed by atoms with Gasteiger partial charge < -0.3 is 14.7 Å². The monoisotopic (exact) mass is 483 g/mol. The van der Waals surface area contributed by atoms with Gasteiger partial charge in [0, 0.05) is 24.4 Å². The average molecular weight is 484 g/mol. The zero-order chi connectivity index (χ0) is 23.2. The summed E-state index contributed by atoms with van der Waals surface area (Å²) in [4.78, 5) is 19.6. The molecule has 0 saturated heterocycles. The Bertz CT molecular complexity index is 1330. The van der Waals surface area contributed by atoms with E-state index < -0.39 is 17.6 Å². The molecule has 4 aromatic rings. The Labute approximate surface area is 188 Å². The van der Waals surface area contributed by atoms with E-state index >= 15 is 0 Å². The Morgan fingerprint density at radius 3 is 2.59 bits per heavy atom. The molecular weight excluding hydrogens is 470 g/mol. The van der Waals surface area contributed by atoms with E-state index in [4.69, 9.17) is 33.5 Å². The molecule has 1 amide bonds. The fourth-order valence-corrected chi connectivity index (χ4v) is 3.72. The number of halogens is 5. The van der Waals surface area contributed by atoms with Crippen LogP contribution in [0.1, 0.15) is 30.4 Å². The molecule has 0 aliphatic heterocycles. The lowest BCUT2D eigenvalue weighted by atomic mass is 9.96. The summed E-state index contributed by atoms with van der Waals surface area (Å²) in [5, 5.41) is 4.05. The summed E-state index contributed by atoms with van der Waals surface area (Å²) in [5.41, 5.74) is 5.87. The zero-order valence-corrected chi connectivity index (χ0v) is 17.8. The summed E-state index contributed by atoms with van der Waals surface area (Å²) in [7, 11) is 0. The van der Waals surface area contributed by atoms with Gasteiger partial charge in [0.05, 0.1) is 15.6 Å². The standard InChI is InChI=1S/C20H14Cl2F3N5O2/c1-9(4-16(26)31)10-2-3-12(13(21)5-10)17-28-19(32-29-17)15-8-30-7-11(20(23,24)25)6-14(22)18(30)27-15/h2-3,5-9H,4H2,1H3,(H2,26,31). The van der Waals surface area contributed by atoms with Crippen LogP contribution in [0, 0.1) is 0 Å². The van der Waals surface area contributed by atoms with Crippen LogP contribution in [0.5, 0.6) is 0 Å². The summed E-state index contributed by atoms with van der Waals surface area (Å²) in [6, 6.07) is 5.94. The molecule has 1 atom stereocenters. The third-order valence-corrected chi connectivity index (χ3v) is 5.38. The van der Waals surface area contributed by atoms with Crippen molar-refractivity contribution in [3.05, 3.63) is 57.8 Å². The quantitative estimate of drug-likeness (QED) is 0.412. The van der Waals surface area contributed by atoms with Crippen molar-refractivity contribution in [2.45, 2.75) is 25.4 Å². The molecule has 1 unspecified atom stereocenters. The van der Waals surface area contributed by atoms with Gasteiger partial charge in [0.15, 0.2) is 5.65 Å². The highest BCUT2D eigenvalue weighted by Crippen LogP contribution is 2.34. The molecule has 3 aromatic heterocycles. The highest BCUT2D eigenvalue weighted by Gasteiger charge is 2.32. The SMILES string of the molecule is CC(CC(N)=O)c1ccc(-c2noc(-c3cn4cc(C(F)(F)F)cc(Cl)c4n3)n2)c(Cl)c1. The minimum Gasteiger partial charge on any atom is -0.370 e. The molecule has 0 radical (unpaired) electrons. The normalized spacial score (nSPS) is 12.9. The van der Waals surface area contributed by atoms with Gasteiger partial charge >= 0.3 is 6.18 Å². The van der Waals surface area contributed by atoms with Crippen LogP contribution >= 0.6 is 23.2 Å². The summed E-state index contributed by atoms with van der Waals surface area (Å²) < 4.78 is 45.5. The molecule has 2 N–H and O–H groups in total. The Kier molecular flexibility index (Phi) is 5.59. The number of hydrogen-bond acceptors (Lipinski definition) is 5. The van der Waals surface area contributed by atoms with Crippen LogP contribution < -0.4 is 5.73 Å². The number of nitrogens with zero attached hydrogens (tertiary/aromatic N) is 4. The molecule has 0 aliphatic rings. The molecule has 32 heavy (non-hydrogen) atoms. The predicted molar refractivity (Wildman–Crippen MR) is 111 cm³/mol. The summed E-state index contributed by atoms with van der Waals surface area (Å²) in [6.45, 7) is 1.85. The van der Waals surface area contributed by atoms with E-state index in [1.807, 2.05) is 6.92 Å². The number of aromatic nitrogens is 4. The number of pyridine rings is 1. The number of carbonyl (C=O) groups is 1. The lowest BCUT2D eigenvalue weighted by Gasteiger charge is -2.11. The van der Waals surface area contributed by atoms with Gasteiger partial charge in [-0.15, -0.1) is 0 Å². The third-order valence-electron chi connectivity index (χ3n) is 4.79. The van der Waals surface area contributed by atoms with Gasteiger partial charge in [0.2, 0.25) is 11.7 Å². The van der Waals surface area contributed by atoms with E-state index in [1.54, 1.807) is 18.2 Å². The second-order valence-electron chi connectivity index (χ2n) is 7.17. The summed E-state index contributed by atoms with van der Waals surface area (Å²) in [5.74, 6) is -0.395. The lowest BCUT2D eigenvalue weighted by molar-refractivity contribution is -0.137. The van der Waals surface area contributed by atoms with E-state index in [0.29, 0.717) is 10.6 Å². The van der Waals surface area contributed by atoms with Gasteiger partial charge in [0.25, 0.3) is 5.89 Å². The van der Waals surface area contributed by atoms with Gasteiger partial charge in [-0.05, 0) is 29.7 Å². The number of hydrogen-bond donors (Lipinski definition) is 1. The molecular formula is C20H14Cl2F3N5O2. The van der Waals surface area contributed by atoms with Crippen molar-refractivity contribution < 1.29 is 22.5 Å². The topological polar surface area (TPSA) is 99.3 Å². The van der Waals surface area contributed by atoms with Gasteiger partial charge in [-0.2, -0.15) is 18.2 Å². The molecule has 0 fully saturated rings. The molecule has 1 aromatic carbocycles. The number of amides is 1. The first-order chi connectivity index (χ1) is 15.0. The number of primary amides is 1. The van der Waals surface area contributed by atoms with Crippen LogP contribution in [0.2, 0.25) is 10.0 Å². The van der Waals surface area contributed by atoms with E-state index in [-0.39, 0.29) is 40.4 Å². The Morgan fingerprint density at radius 1 is 1.19 bits per heavy atom. The Hall–Kier alpha value is -3.11. The smallest absolute Gasteiger partial charge is 0.370 e. The van der Waals surface area contributed by atoms with Crippen LogP contribution in [-0.4, -0.2) is 25.4 Å². The van der Waals surface area contributed by atoms with E-state index in [1.165, 1.54) is 6.20 Å². The maximum atomic E-state index is 13.0. The van der Waals surface area contributed by atoms with Gasteiger partial charge in [-0.1, -0.05) is 41.3 Å². The van der Waals surface area contributed by atoms with Gasteiger partial charge in [-0.25, -0.2) is 4.98 Å². The minimum absolute atomic E-state index is 0.0180. The van der Waals surface area contributed by atoms with E-state index in [2.05, 4.69) is 15.1 Å². The van der Waals surface area contributed by atoms with Crippen molar-refractivity contribution in [3.8, 4) is 23.0 Å². The van der Waals surface area contributed by atoms with Gasteiger partial charge in [-0.3, -0.25) is 4.79 Å². The maximum absolute atomic E-state index is 13.0. The van der Waals surface area contributed by atoms with Crippen molar-refractivity contribution >= 4 is 34.8 Å². The highest BCUT2D eigenvalue weighted by atomic mass is 35.5. The van der Waals surface area contributed by atoms with Crippen molar-refractivity contribution in [2.24, 2.45) is 5.73 Å². The number of fused-ring (bicyclic) bond motifs is 1. The average Bonchev–Trinajstić information content (AvgIpc) is 3.33. The zero-order valence-electron chi connectivity index (χ0n) is 16.3. The van der Waals surface area contributed by atoms with E-state index in [0.717, 1.165) is 22.2 Å². The number of benzene rings is 1. The number of imidazole rings is 1. The molecule has 12 heteroatoms. The lowest BCUT2D eigenvalue weighted by Crippen LogP contribution is -2.13. The van der Waals surface area contributed by atoms with Crippen molar-refractivity contribution in [2.75, 3.05) is 0 Å². The van der Waals surface area contributed by atoms with Crippen molar-refractivity contribution in [3.63, 3.8) is 0 Å². The minimum atomic E-state index is -4.56. The van der Waals surface area contributed by atoms with Crippen LogP contribution in [0.15, 0.2) is 41.2 Å².